The molecule has 2 rings (SSSR count). The molecular formula is C13H10BrF2NO2S. The summed E-state index contributed by atoms with van der Waals surface area (Å²) in [4.78, 5) is -0.166. The number of sulfonamides is 1. The quantitative estimate of drug-likeness (QED) is 0.908. The zero-order valence-electron chi connectivity index (χ0n) is 10.1. The van der Waals surface area contributed by atoms with E-state index in [-0.39, 0.29) is 15.9 Å². The third-order valence-corrected chi connectivity index (χ3v) is 4.62. The molecule has 106 valence electrons. The highest BCUT2D eigenvalue weighted by Crippen LogP contribution is 2.19. The highest BCUT2D eigenvalue weighted by atomic mass is 79.9. The van der Waals surface area contributed by atoms with E-state index in [0.29, 0.717) is 5.56 Å². The lowest BCUT2D eigenvalue weighted by Gasteiger charge is -2.07. The van der Waals surface area contributed by atoms with Gasteiger partial charge < -0.3 is 0 Å². The van der Waals surface area contributed by atoms with Gasteiger partial charge in [-0.25, -0.2) is 21.9 Å². The maximum Gasteiger partial charge on any atom is 0.240 e. The van der Waals surface area contributed by atoms with Crippen molar-refractivity contribution in [3.05, 3.63) is 64.1 Å². The molecule has 3 nitrogen and oxygen atoms in total. The summed E-state index contributed by atoms with van der Waals surface area (Å²) in [6.07, 6.45) is 0. The molecule has 0 spiro atoms. The Kier molecular flexibility index (Phi) is 4.52. The molecule has 0 amide bonds. The van der Waals surface area contributed by atoms with Crippen LogP contribution in [-0.2, 0) is 16.6 Å². The van der Waals surface area contributed by atoms with Crippen LogP contribution >= 0.6 is 15.9 Å². The first kappa shape index (κ1) is 15.1. The second-order valence-electron chi connectivity index (χ2n) is 4.03. The molecule has 0 atom stereocenters. The average molecular weight is 362 g/mol. The molecule has 1 N–H and O–H groups in total. The lowest BCUT2D eigenvalue weighted by atomic mass is 10.2. The van der Waals surface area contributed by atoms with E-state index in [4.69, 9.17) is 0 Å². The molecule has 0 aromatic heterocycles. The van der Waals surface area contributed by atoms with Crippen molar-refractivity contribution in [2.45, 2.75) is 11.4 Å². The van der Waals surface area contributed by atoms with Crippen molar-refractivity contribution in [1.29, 1.82) is 0 Å². The molecule has 0 saturated heterocycles. The van der Waals surface area contributed by atoms with Gasteiger partial charge in [0, 0.05) is 6.54 Å². The van der Waals surface area contributed by atoms with Gasteiger partial charge in [0.25, 0.3) is 0 Å². The fourth-order valence-corrected chi connectivity index (χ4v) is 2.78. The van der Waals surface area contributed by atoms with Gasteiger partial charge in [-0.15, -0.1) is 0 Å². The molecule has 7 heteroatoms. The molecule has 0 unspecified atom stereocenters. The zero-order valence-corrected chi connectivity index (χ0v) is 12.5. The second kappa shape index (κ2) is 5.99. The van der Waals surface area contributed by atoms with Gasteiger partial charge >= 0.3 is 0 Å². The monoisotopic (exact) mass is 361 g/mol. The maximum atomic E-state index is 13.3. The first-order valence-electron chi connectivity index (χ1n) is 5.58. The van der Waals surface area contributed by atoms with Crippen molar-refractivity contribution >= 4 is 26.0 Å². The molecule has 0 saturated carbocycles. The van der Waals surface area contributed by atoms with Crippen LogP contribution in [0.2, 0.25) is 0 Å². The van der Waals surface area contributed by atoms with Gasteiger partial charge in [0.1, 0.15) is 11.6 Å². The minimum Gasteiger partial charge on any atom is -0.207 e. The lowest BCUT2D eigenvalue weighted by Crippen LogP contribution is -2.23. The van der Waals surface area contributed by atoms with Gasteiger partial charge in [0.15, 0.2) is 0 Å². The summed E-state index contributed by atoms with van der Waals surface area (Å²) >= 11 is 2.95. The third-order valence-electron chi connectivity index (χ3n) is 2.58. The van der Waals surface area contributed by atoms with E-state index in [1.807, 2.05) is 0 Å². The molecule has 2 aromatic carbocycles. The summed E-state index contributed by atoms with van der Waals surface area (Å²) < 4.78 is 52.5. The van der Waals surface area contributed by atoms with Crippen molar-refractivity contribution in [2.75, 3.05) is 0 Å². The van der Waals surface area contributed by atoms with E-state index in [1.165, 1.54) is 36.4 Å². The Bertz CT molecular complexity index is 718. The van der Waals surface area contributed by atoms with Crippen molar-refractivity contribution in [3.63, 3.8) is 0 Å². The van der Waals surface area contributed by atoms with Crippen molar-refractivity contribution < 1.29 is 17.2 Å². The molecule has 0 heterocycles. The van der Waals surface area contributed by atoms with Gasteiger partial charge in [-0.05, 0) is 51.8 Å². The minimum absolute atomic E-state index is 0.000294. The van der Waals surface area contributed by atoms with Gasteiger partial charge in [-0.3, -0.25) is 0 Å². The highest BCUT2D eigenvalue weighted by molar-refractivity contribution is 9.10. The molecule has 0 aliphatic heterocycles. The van der Waals surface area contributed by atoms with Crippen LogP contribution in [0, 0.1) is 11.6 Å². The summed E-state index contributed by atoms with van der Waals surface area (Å²) in [7, 11) is -3.81. The number of hydrogen-bond donors (Lipinski definition) is 1. The maximum absolute atomic E-state index is 13.3. The van der Waals surface area contributed by atoms with Crippen molar-refractivity contribution in [3.8, 4) is 0 Å². The van der Waals surface area contributed by atoms with Gasteiger partial charge in [-0.2, -0.15) is 0 Å². The van der Waals surface area contributed by atoms with E-state index in [2.05, 4.69) is 20.7 Å². The zero-order chi connectivity index (χ0) is 14.8. The fraction of sp³-hybridized carbons (Fsp3) is 0.0769. The molecule has 0 fully saturated rings. The minimum atomic E-state index is -3.81. The van der Waals surface area contributed by atoms with Gasteiger partial charge in [0.2, 0.25) is 10.0 Å². The molecule has 0 aliphatic rings. The Morgan fingerprint density at radius 3 is 2.30 bits per heavy atom. The topological polar surface area (TPSA) is 46.2 Å². The molecule has 0 aliphatic carbocycles. The number of halogens is 3. The predicted octanol–water partition coefficient (Wildman–Crippen LogP) is 3.21. The Hall–Kier alpha value is -1.31. The highest BCUT2D eigenvalue weighted by Gasteiger charge is 2.15. The summed E-state index contributed by atoms with van der Waals surface area (Å²) in [5, 5.41) is 0. The summed E-state index contributed by atoms with van der Waals surface area (Å²) in [6.45, 7) is 0.000294. The summed E-state index contributed by atoms with van der Waals surface area (Å²) in [5.74, 6) is -1.05. The van der Waals surface area contributed by atoms with Crippen molar-refractivity contribution in [1.82, 2.24) is 4.72 Å². The fourth-order valence-electron chi connectivity index (χ4n) is 1.51. The van der Waals surface area contributed by atoms with Crippen LogP contribution in [0.4, 0.5) is 8.78 Å². The van der Waals surface area contributed by atoms with Crippen molar-refractivity contribution in [2.24, 2.45) is 0 Å². The number of benzene rings is 2. The Labute approximate surface area is 123 Å². The van der Waals surface area contributed by atoms with E-state index in [9.17, 15) is 17.2 Å². The first-order valence-corrected chi connectivity index (χ1v) is 7.85. The second-order valence-corrected chi connectivity index (χ2v) is 6.65. The standard InChI is InChI=1S/C13H10BrF2NO2S/c14-12-6-5-11(7-13(12)16)20(18,19)17-8-9-1-3-10(15)4-2-9/h1-7,17H,8H2. The molecule has 2 aromatic rings. The Balaban J connectivity index is 2.14. The summed E-state index contributed by atoms with van der Waals surface area (Å²) in [6, 6.07) is 8.96. The van der Waals surface area contributed by atoms with Crippen LogP contribution in [0.15, 0.2) is 51.8 Å². The SMILES string of the molecule is O=S(=O)(NCc1ccc(F)cc1)c1ccc(Br)c(F)c1. The van der Waals surface area contributed by atoms with Crippen LogP contribution in [0.25, 0.3) is 0 Å². The van der Waals surface area contributed by atoms with Crippen LogP contribution in [0.5, 0.6) is 0 Å². The van der Waals surface area contributed by atoms with Crippen LogP contribution in [-0.4, -0.2) is 8.42 Å². The smallest absolute Gasteiger partial charge is 0.207 e. The molecular weight excluding hydrogens is 352 g/mol. The third kappa shape index (κ3) is 3.62. The number of nitrogens with one attached hydrogen (secondary N) is 1. The van der Waals surface area contributed by atoms with Crippen LogP contribution in [0.3, 0.4) is 0 Å². The first-order chi connectivity index (χ1) is 9.38. The average Bonchev–Trinajstić information content (AvgIpc) is 2.41. The molecule has 0 bridgehead atoms. The van der Waals surface area contributed by atoms with E-state index >= 15 is 0 Å². The largest absolute Gasteiger partial charge is 0.240 e. The molecule has 0 radical (unpaired) electrons. The number of rotatable bonds is 4. The normalized spacial score (nSPS) is 11.6. The van der Waals surface area contributed by atoms with E-state index in [0.717, 1.165) is 6.07 Å². The van der Waals surface area contributed by atoms with E-state index < -0.39 is 21.7 Å². The molecule has 20 heavy (non-hydrogen) atoms. The predicted molar refractivity (Wildman–Crippen MR) is 74.5 cm³/mol. The summed E-state index contributed by atoms with van der Waals surface area (Å²) in [5.41, 5.74) is 0.604. The van der Waals surface area contributed by atoms with E-state index in [1.54, 1.807) is 0 Å². The van der Waals surface area contributed by atoms with Crippen LogP contribution < -0.4 is 4.72 Å². The lowest BCUT2D eigenvalue weighted by molar-refractivity contribution is 0.576. The van der Waals surface area contributed by atoms with Crippen LogP contribution in [0.1, 0.15) is 5.56 Å². The Morgan fingerprint density at radius 1 is 1.05 bits per heavy atom. The van der Waals surface area contributed by atoms with Gasteiger partial charge in [-0.1, -0.05) is 12.1 Å². The number of hydrogen-bond acceptors (Lipinski definition) is 2. The Morgan fingerprint density at radius 2 is 1.70 bits per heavy atom. The van der Waals surface area contributed by atoms with Gasteiger partial charge in [0.05, 0.1) is 9.37 Å².